The standard InChI is InChI=1S/C22H16N2O4/c1-2-27-13-9-7-12(8-10-13)17-16(11-23)22(24)28-21-18(17)19(25)14-5-3-4-6-15(14)20(21)26/h3-10,17H,2,24H2,1H3. The van der Waals surface area contributed by atoms with Gasteiger partial charge in [-0.05, 0) is 24.6 Å². The summed E-state index contributed by atoms with van der Waals surface area (Å²) in [5.74, 6) is -1.15. The molecule has 1 heterocycles. The van der Waals surface area contributed by atoms with Crippen molar-refractivity contribution in [3.8, 4) is 11.8 Å². The second kappa shape index (κ2) is 6.71. The van der Waals surface area contributed by atoms with Gasteiger partial charge in [0.05, 0.1) is 18.1 Å². The van der Waals surface area contributed by atoms with Crippen LogP contribution in [0.15, 0.2) is 71.3 Å². The summed E-state index contributed by atoms with van der Waals surface area (Å²) in [6, 6.07) is 15.6. The molecule has 2 aromatic carbocycles. The monoisotopic (exact) mass is 372 g/mol. The molecule has 0 spiro atoms. The highest BCUT2D eigenvalue weighted by atomic mass is 16.5. The topological polar surface area (TPSA) is 102 Å². The predicted octanol–water partition coefficient (Wildman–Crippen LogP) is 3.23. The number of benzene rings is 2. The minimum Gasteiger partial charge on any atom is -0.494 e. The smallest absolute Gasteiger partial charge is 0.229 e. The van der Waals surface area contributed by atoms with Gasteiger partial charge in [-0.3, -0.25) is 9.59 Å². The van der Waals surface area contributed by atoms with Gasteiger partial charge >= 0.3 is 0 Å². The Morgan fingerprint density at radius 3 is 2.32 bits per heavy atom. The first kappa shape index (κ1) is 17.6. The maximum absolute atomic E-state index is 13.2. The maximum atomic E-state index is 13.2. The number of hydrogen-bond acceptors (Lipinski definition) is 6. The summed E-state index contributed by atoms with van der Waals surface area (Å²) in [7, 11) is 0. The van der Waals surface area contributed by atoms with E-state index < -0.39 is 11.7 Å². The Morgan fingerprint density at radius 2 is 1.71 bits per heavy atom. The average molecular weight is 372 g/mol. The van der Waals surface area contributed by atoms with Crippen LogP contribution in [0.1, 0.15) is 39.1 Å². The number of carbonyl (C=O) groups excluding carboxylic acids is 2. The van der Waals surface area contributed by atoms with E-state index in [0.29, 0.717) is 23.5 Å². The third-order valence-corrected chi connectivity index (χ3v) is 4.81. The molecule has 0 fully saturated rings. The lowest BCUT2D eigenvalue weighted by atomic mass is 9.75. The summed E-state index contributed by atoms with van der Waals surface area (Å²) in [6.07, 6.45) is 0. The van der Waals surface area contributed by atoms with Crippen molar-refractivity contribution in [2.45, 2.75) is 12.8 Å². The Labute approximate surface area is 161 Å². The molecule has 0 amide bonds. The summed E-state index contributed by atoms with van der Waals surface area (Å²) in [6.45, 7) is 2.40. The van der Waals surface area contributed by atoms with Gasteiger partial charge in [0.15, 0.2) is 11.5 Å². The van der Waals surface area contributed by atoms with E-state index in [1.54, 1.807) is 48.5 Å². The van der Waals surface area contributed by atoms with Crippen molar-refractivity contribution in [2.24, 2.45) is 5.73 Å². The van der Waals surface area contributed by atoms with E-state index in [2.05, 4.69) is 0 Å². The van der Waals surface area contributed by atoms with E-state index in [4.69, 9.17) is 15.2 Å². The number of nitrogens with zero attached hydrogens (tertiary/aromatic N) is 1. The van der Waals surface area contributed by atoms with Gasteiger partial charge in [0.2, 0.25) is 11.7 Å². The number of nitrogens with two attached hydrogens (primary N) is 1. The largest absolute Gasteiger partial charge is 0.494 e. The Balaban J connectivity index is 1.90. The quantitative estimate of drug-likeness (QED) is 0.887. The predicted molar refractivity (Wildman–Crippen MR) is 100 cm³/mol. The molecule has 1 atom stereocenters. The van der Waals surface area contributed by atoms with Gasteiger partial charge in [-0.2, -0.15) is 5.26 Å². The van der Waals surface area contributed by atoms with E-state index in [9.17, 15) is 14.9 Å². The Kier molecular flexibility index (Phi) is 4.21. The van der Waals surface area contributed by atoms with E-state index >= 15 is 0 Å². The van der Waals surface area contributed by atoms with Gasteiger partial charge in [0.1, 0.15) is 17.4 Å². The Bertz CT molecular complexity index is 1100. The summed E-state index contributed by atoms with van der Waals surface area (Å²) >= 11 is 0. The van der Waals surface area contributed by atoms with E-state index in [0.717, 1.165) is 0 Å². The number of Topliss-reactive ketones (excluding diaryl/α,β-unsaturated/α-hetero) is 2. The first-order chi connectivity index (χ1) is 13.6. The zero-order valence-electron chi connectivity index (χ0n) is 15.1. The van der Waals surface area contributed by atoms with E-state index in [1.807, 2.05) is 13.0 Å². The third kappa shape index (κ3) is 2.57. The average Bonchev–Trinajstić information content (AvgIpc) is 2.72. The molecule has 0 bridgehead atoms. The fourth-order valence-electron chi connectivity index (χ4n) is 3.56. The summed E-state index contributed by atoms with van der Waals surface area (Å²) in [5, 5.41) is 9.66. The van der Waals surface area contributed by atoms with Crippen LogP contribution in [0.3, 0.4) is 0 Å². The molecule has 0 radical (unpaired) electrons. The molecular formula is C22H16N2O4. The number of nitriles is 1. The van der Waals surface area contributed by atoms with Crippen LogP contribution in [-0.2, 0) is 4.74 Å². The highest BCUT2D eigenvalue weighted by molar-refractivity contribution is 6.27. The van der Waals surface area contributed by atoms with Crippen LogP contribution in [0.25, 0.3) is 0 Å². The third-order valence-electron chi connectivity index (χ3n) is 4.81. The zero-order chi connectivity index (χ0) is 19.8. The first-order valence-electron chi connectivity index (χ1n) is 8.79. The molecule has 1 unspecified atom stereocenters. The van der Waals surface area contributed by atoms with Crippen molar-refractivity contribution >= 4 is 11.6 Å². The van der Waals surface area contributed by atoms with E-state index in [-0.39, 0.29) is 34.1 Å². The van der Waals surface area contributed by atoms with Gasteiger partial charge in [0, 0.05) is 11.1 Å². The molecular weight excluding hydrogens is 356 g/mol. The molecule has 0 saturated heterocycles. The molecule has 2 N–H and O–H groups in total. The Morgan fingerprint density at radius 1 is 1.07 bits per heavy atom. The number of hydrogen-bond donors (Lipinski definition) is 1. The number of rotatable bonds is 3. The SMILES string of the molecule is CCOc1ccc(C2C(C#N)=C(N)OC3=C2C(=O)c2ccccc2C3=O)cc1. The number of ketones is 2. The van der Waals surface area contributed by atoms with Crippen LogP contribution < -0.4 is 10.5 Å². The van der Waals surface area contributed by atoms with Crippen LogP contribution in [0, 0.1) is 11.3 Å². The van der Waals surface area contributed by atoms with Crippen LogP contribution in [0.2, 0.25) is 0 Å². The summed E-state index contributed by atoms with van der Waals surface area (Å²) in [4.78, 5) is 26.2. The van der Waals surface area contributed by atoms with Crippen molar-refractivity contribution in [1.82, 2.24) is 0 Å². The molecule has 1 aliphatic heterocycles. The second-order valence-corrected chi connectivity index (χ2v) is 6.37. The van der Waals surface area contributed by atoms with Gasteiger partial charge in [0.25, 0.3) is 0 Å². The fraction of sp³-hybridized carbons (Fsp3) is 0.136. The number of carbonyl (C=O) groups is 2. The van der Waals surface area contributed by atoms with Gasteiger partial charge in [-0.15, -0.1) is 0 Å². The molecule has 0 aromatic heterocycles. The van der Waals surface area contributed by atoms with Crippen molar-refractivity contribution in [3.05, 3.63) is 88.0 Å². The maximum Gasteiger partial charge on any atom is 0.229 e. The lowest BCUT2D eigenvalue weighted by Crippen LogP contribution is -2.32. The summed E-state index contributed by atoms with van der Waals surface area (Å²) in [5.41, 5.74) is 7.40. The van der Waals surface area contributed by atoms with Gasteiger partial charge in [-0.1, -0.05) is 36.4 Å². The van der Waals surface area contributed by atoms with Crippen molar-refractivity contribution in [2.75, 3.05) is 6.61 Å². The molecule has 1 aliphatic carbocycles. The van der Waals surface area contributed by atoms with Crippen LogP contribution >= 0.6 is 0 Å². The number of fused-ring (bicyclic) bond motifs is 1. The second-order valence-electron chi connectivity index (χ2n) is 6.37. The highest BCUT2D eigenvalue weighted by Crippen LogP contribution is 2.44. The lowest BCUT2D eigenvalue weighted by molar-refractivity contribution is 0.0897. The minimum absolute atomic E-state index is 0.100. The lowest BCUT2D eigenvalue weighted by Gasteiger charge is -2.30. The van der Waals surface area contributed by atoms with Crippen LogP contribution in [0.4, 0.5) is 0 Å². The zero-order valence-corrected chi connectivity index (χ0v) is 15.1. The Hall–Kier alpha value is -3.85. The molecule has 4 rings (SSSR count). The molecule has 2 aliphatic rings. The highest BCUT2D eigenvalue weighted by Gasteiger charge is 2.43. The number of allylic oxidation sites excluding steroid dienone is 3. The molecule has 6 heteroatoms. The molecule has 2 aromatic rings. The molecule has 6 nitrogen and oxygen atoms in total. The van der Waals surface area contributed by atoms with Gasteiger partial charge in [-0.25, -0.2) is 0 Å². The minimum atomic E-state index is -0.783. The van der Waals surface area contributed by atoms with E-state index in [1.165, 1.54) is 0 Å². The summed E-state index contributed by atoms with van der Waals surface area (Å²) < 4.78 is 10.9. The molecule has 0 saturated carbocycles. The van der Waals surface area contributed by atoms with Crippen molar-refractivity contribution in [3.63, 3.8) is 0 Å². The van der Waals surface area contributed by atoms with Crippen molar-refractivity contribution < 1.29 is 19.1 Å². The molecule has 138 valence electrons. The van der Waals surface area contributed by atoms with Gasteiger partial charge < -0.3 is 15.2 Å². The molecule has 28 heavy (non-hydrogen) atoms. The fourth-order valence-corrected chi connectivity index (χ4v) is 3.56. The normalized spacial score (nSPS) is 18.2. The van der Waals surface area contributed by atoms with Crippen LogP contribution in [0.5, 0.6) is 5.75 Å². The first-order valence-corrected chi connectivity index (χ1v) is 8.79. The van der Waals surface area contributed by atoms with Crippen LogP contribution in [-0.4, -0.2) is 18.2 Å². The number of ether oxygens (including phenoxy) is 2. The van der Waals surface area contributed by atoms with Crippen molar-refractivity contribution in [1.29, 1.82) is 5.26 Å².